The van der Waals surface area contributed by atoms with Crippen LogP contribution in [0.2, 0.25) is 0 Å². The first-order valence-electron chi connectivity index (χ1n) is 9.88. The highest BCUT2D eigenvalue weighted by atomic mass is 16.5. The molecule has 0 spiro atoms. The number of aromatic nitrogens is 3. The number of nitrogens with zero attached hydrogens (tertiary/aromatic N) is 3. The van der Waals surface area contributed by atoms with Gasteiger partial charge in [0.1, 0.15) is 11.6 Å². The van der Waals surface area contributed by atoms with E-state index in [2.05, 4.69) is 15.7 Å². The van der Waals surface area contributed by atoms with Gasteiger partial charge >= 0.3 is 0 Å². The van der Waals surface area contributed by atoms with E-state index in [0.29, 0.717) is 6.61 Å². The summed E-state index contributed by atoms with van der Waals surface area (Å²) in [5, 5.41) is 11.0. The van der Waals surface area contributed by atoms with Crippen LogP contribution in [0.15, 0.2) is 42.7 Å². The van der Waals surface area contributed by atoms with Crippen molar-refractivity contribution in [1.29, 1.82) is 0 Å². The lowest BCUT2D eigenvalue weighted by Crippen LogP contribution is -2.38. The highest BCUT2D eigenvalue weighted by Gasteiger charge is 2.30. The van der Waals surface area contributed by atoms with Gasteiger partial charge in [-0.15, -0.1) is 0 Å². The third-order valence-corrected chi connectivity index (χ3v) is 5.34. The van der Waals surface area contributed by atoms with Crippen LogP contribution in [-0.2, 0) is 4.79 Å². The molecule has 2 N–H and O–H groups in total. The lowest BCUT2D eigenvalue weighted by molar-refractivity contribution is -0.123. The van der Waals surface area contributed by atoms with Gasteiger partial charge < -0.3 is 15.4 Å². The van der Waals surface area contributed by atoms with Crippen LogP contribution in [0.5, 0.6) is 5.75 Å². The van der Waals surface area contributed by atoms with Gasteiger partial charge in [0.2, 0.25) is 5.91 Å². The minimum atomic E-state index is 0.0842. The van der Waals surface area contributed by atoms with Gasteiger partial charge in [0.25, 0.3) is 0 Å². The molecule has 1 amide bonds. The van der Waals surface area contributed by atoms with Crippen LogP contribution in [-0.4, -0.2) is 39.7 Å². The maximum Gasteiger partial charge on any atom is 0.223 e. The summed E-state index contributed by atoms with van der Waals surface area (Å²) in [6.07, 6.45) is 7.36. The summed E-state index contributed by atoms with van der Waals surface area (Å²) in [7, 11) is 0. The van der Waals surface area contributed by atoms with E-state index in [4.69, 9.17) is 9.72 Å². The summed E-state index contributed by atoms with van der Waals surface area (Å²) in [4.78, 5) is 17.0. The van der Waals surface area contributed by atoms with Gasteiger partial charge in [-0.3, -0.25) is 4.79 Å². The molecule has 4 bridgehead atoms. The van der Waals surface area contributed by atoms with Crippen LogP contribution in [0.4, 0.5) is 5.82 Å². The highest BCUT2D eigenvalue weighted by molar-refractivity contribution is 5.81. The second-order valence-electron chi connectivity index (χ2n) is 7.50. The fourth-order valence-electron chi connectivity index (χ4n) is 3.57. The summed E-state index contributed by atoms with van der Waals surface area (Å²) >= 11 is 0. The molecule has 3 aromatic rings. The SMILES string of the molecule is O=C(NC1CCNc2ccn3ncc(c3n2)-c2cccc(c2)OCC1)C1CC1. The molecule has 0 saturated heterocycles. The number of fused-ring (bicyclic) bond motifs is 4. The Kier molecular flexibility index (Phi) is 4.35. The molecule has 3 heterocycles. The molecule has 5 rings (SSSR count). The van der Waals surface area contributed by atoms with Crippen molar-refractivity contribution in [3.05, 3.63) is 42.7 Å². The molecule has 1 fully saturated rings. The van der Waals surface area contributed by atoms with Crippen molar-refractivity contribution >= 4 is 17.4 Å². The second-order valence-corrected chi connectivity index (χ2v) is 7.50. The van der Waals surface area contributed by atoms with Crippen LogP contribution in [0.3, 0.4) is 0 Å². The number of carbonyl (C=O) groups excluding carboxylic acids is 1. The van der Waals surface area contributed by atoms with Crippen molar-refractivity contribution in [2.45, 2.75) is 31.7 Å². The number of nitrogens with one attached hydrogen (secondary N) is 2. The zero-order valence-electron chi connectivity index (χ0n) is 15.6. The first-order valence-corrected chi connectivity index (χ1v) is 9.88. The third-order valence-electron chi connectivity index (χ3n) is 5.34. The molecule has 28 heavy (non-hydrogen) atoms. The Morgan fingerprint density at radius 2 is 2.14 bits per heavy atom. The molecule has 0 radical (unpaired) electrons. The highest BCUT2D eigenvalue weighted by Crippen LogP contribution is 2.30. The molecule has 1 aliphatic heterocycles. The van der Waals surface area contributed by atoms with Crippen molar-refractivity contribution < 1.29 is 9.53 Å². The van der Waals surface area contributed by atoms with E-state index in [1.54, 1.807) is 4.52 Å². The summed E-state index contributed by atoms with van der Waals surface area (Å²) in [6.45, 7) is 1.29. The fourth-order valence-corrected chi connectivity index (χ4v) is 3.57. The average molecular weight is 377 g/mol. The van der Waals surface area contributed by atoms with Gasteiger partial charge in [0.15, 0.2) is 5.65 Å². The van der Waals surface area contributed by atoms with E-state index in [-0.39, 0.29) is 17.9 Å². The predicted molar refractivity (Wildman–Crippen MR) is 106 cm³/mol. The molecule has 1 aliphatic carbocycles. The van der Waals surface area contributed by atoms with Crippen LogP contribution in [0.25, 0.3) is 16.8 Å². The Morgan fingerprint density at radius 1 is 1.21 bits per heavy atom. The minimum Gasteiger partial charge on any atom is -0.493 e. The summed E-state index contributed by atoms with van der Waals surface area (Å²) < 4.78 is 7.76. The van der Waals surface area contributed by atoms with E-state index in [9.17, 15) is 4.79 Å². The van der Waals surface area contributed by atoms with Gasteiger partial charge in [-0.25, -0.2) is 9.50 Å². The molecule has 7 heteroatoms. The van der Waals surface area contributed by atoms with Crippen molar-refractivity contribution in [2.75, 3.05) is 18.5 Å². The maximum atomic E-state index is 12.2. The lowest BCUT2D eigenvalue weighted by atomic mass is 10.1. The Morgan fingerprint density at radius 3 is 3.04 bits per heavy atom. The second kappa shape index (κ2) is 7.14. The molecule has 7 nitrogen and oxygen atoms in total. The molecule has 1 atom stereocenters. The number of amides is 1. The van der Waals surface area contributed by atoms with Gasteiger partial charge in [0.05, 0.1) is 12.8 Å². The van der Waals surface area contributed by atoms with E-state index < -0.39 is 0 Å². The number of ether oxygens (including phenoxy) is 1. The first kappa shape index (κ1) is 17.0. The normalized spacial score (nSPS) is 19.5. The number of benzene rings is 1. The van der Waals surface area contributed by atoms with Gasteiger partial charge in [-0.05, 0) is 43.0 Å². The minimum absolute atomic E-state index is 0.0842. The number of hydrogen-bond acceptors (Lipinski definition) is 5. The van der Waals surface area contributed by atoms with Crippen molar-refractivity contribution in [2.24, 2.45) is 5.92 Å². The first-order chi connectivity index (χ1) is 13.8. The van der Waals surface area contributed by atoms with Crippen LogP contribution in [0, 0.1) is 5.92 Å². The Labute approximate surface area is 163 Å². The standard InChI is InChI=1S/C21H23N5O2/c27-21(14-4-5-14)24-16-6-9-22-19-7-10-26-20(25-19)18(13-23-26)15-2-1-3-17(12-15)28-11-8-16/h1-3,7,10,12-14,16H,4-6,8-9,11H2,(H,22,25)(H,24,27). The van der Waals surface area contributed by atoms with Crippen molar-refractivity contribution in [3.8, 4) is 16.9 Å². The zero-order valence-corrected chi connectivity index (χ0v) is 15.6. The lowest BCUT2D eigenvalue weighted by Gasteiger charge is -2.20. The number of carbonyl (C=O) groups is 1. The smallest absolute Gasteiger partial charge is 0.223 e. The van der Waals surface area contributed by atoms with Crippen LogP contribution in [0.1, 0.15) is 25.7 Å². The van der Waals surface area contributed by atoms with Crippen molar-refractivity contribution in [3.63, 3.8) is 0 Å². The molecule has 2 aromatic heterocycles. The molecule has 1 saturated carbocycles. The number of anilines is 1. The summed E-state index contributed by atoms with van der Waals surface area (Å²) in [5.74, 6) is 2.01. The molecule has 144 valence electrons. The Hall–Kier alpha value is -3.09. The molecule has 2 aliphatic rings. The van der Waals surface area contributed by atoms with E-state index in [0.717, 1.165) is 60.6 Å². The Bertz CT molecular complexity index is 1010. The van der Waals surface area contributed by atoms with E-state index in [1.165, 1.54) is 0 Å². The van der Waals surface area contributed by atoms with Gasteiger partial charge in [-0.1, -0.05) is 12.1 Å². The quantitative estimate of drug-likeness (QED) is 0.718. The number of rotatable bonds is 2. The van der Waals surface area contributed by atoms with E-state index >= 15 is 0 Å². The maximum absolute atomic E-state index is 12.2. The van der Waals surface area contributed by atoms with Crippen LogP contribution < -0.4 is 15.4 Å². The van der Waals surface area contributed by atoms with Crippen LogP contribution >= 0.6 is 0 Å². The van der Waals surface area contributed by atoms with E-state index in [1.807, 2.05) is 42.7 Å². The van der Waals surface area contributed by atoms with Gasteiger partial charge in [-0.2, -0.15) is 5.10 Å². The predicted octanol–water partition coefficient (Wildman–Crippen LogP) is 2.88. The van der Waals surface area contributed by atoms with Gasteiger partial charge in [0, 0.05) is 36.7 Å². The third kappa shape index (κ3) is 3.52. The fraction of sp³-hybridized carbons (Fsp3) is 0.381. The summed E-state index contributed by atoms with van der Waals surface area (Å²) in [6, 6.07) is 10.0. The Balaban J connectivity index is 1.44. The average Bonchev–Trinajstić information content (AvgIpc) is 3.47. The molecule has 1 unspecified atom stereocenters. The molecular weight excluding hydrogens is 354 g/mol. The van der Waals surface area contributed by atoms with Crippen molar-refractivity contribution in [1.82, 2.24) is 19.9 Å². The largest absolute Gasteiger partial charge is 0.493 e. The summed E-state index contributed by atoms with van der Waals surface area (Å²) in [5.41, 5.74) is 2.80. The zero-order chi connectivity index (χ0) is 18.9. The number of hydrogen-bond donors (Lipinski definition) is 2. The molecule has 1 aromatic carbocycles. The molecular formula is C21H23N5O2. The monoisotopic (exact) mass is 377 g/mol. The topological polar surface area (TPSA) is 80.6 Å².